The van der Waals surface area contributed by atoms with E-state index in [0.717, 1.165) is 32.1 Å². The number of hydrogen-bond donors (Lipinski definition) is 4. The molecule has 5 aliphatic heterocycles. The Balaban J connectivity index is 1.29. The lowest BCUT2D eigenvalue weighted by Gasteiger charge is -2.49. The van der Waals surface area contributed by atoms with Crippen molar-refractivity contribution in [1.29, 1.82) is 0 Å². The minimum atomic E-state index is -1.56. The van der Waals surface area contributed by atoms with Crippen LogP contribution >= 0.6 is 0 Å². The highest BCUT2D eigenvalue weighted by molar-refractivity contribution is 5.70. The molecule has 4 N–H and O–H groups in total. The van der Waals surface area contributed by atoms with Gasteiger partial charge in [0.25, 0.3) is 0 Å². The summed E-state index contributed by atoms with van der Waals surface area (Å²) in [6, 6.07) is 0. The van der Waals surface area contributed by atoms with Gasteiger partial charge in [-0.1, -0.05) is 41.5 Å². The van der Waals surface area contributed by atoms with Crippen LogP contribution in [0.15, 0.2) is 0 Å². The summed E-state index contributed by atoms with van der Waals surface area (Å²) >= 11 is 0. The molecule has 0 radical (unpaired) electrons. The molecular formula is C36H62O11. The van der Waals surface area contributed by atoms with Crippen LogP contribution in [0, 0.1) is 35.5 Å². The molecule has 0 aromatic carbocycles. The van der Waals surface area contributed by atoms with Crippen molar-refractivity contribution >= 4 is 5.97 Å². The van der Waals surface area contributed by atoms with Crippen LogP contribution in [0.2, 0.25) is 0 Å². The van der Waals surface area contributed by atoms with Gasteiger partial charge in [0.2, 0.25) is 0 Å². The number of carboxylic acids is 1. The predicted molar refractivity (Wildman–Crippen MR) is 172 cm³/mol. The molecule has 5 saturated heterocycles. The van der Waals surface area contributed by atoms with Crippen molar-refractivity contribution in [3.63, 3.8) is 0 Å². The van der Waals surface area contributed by atoms with E-state index in [2.05, 4.69) is 27.7 Å². The van der Waals surface area contributed by atoms with Crippen molar-refractivity contribution in [2.24, 2.45) is 35.5 Å². The van der Waals surface area contributed by atoms with Crippen LogP contribution < -0.4 is 0 Å². The van der Waals surface area contributed by atoms with E-state index in [9.17, 15) is 25.2 Å². The Morgan fingerprint density at radius 2 is 1.72 bits per heavy atom. The van der Waals surface area contributed by atoms with E-state index < -0.39 is 59.6 Å². The number of rotatable bonds is 10. The lowest BCUT2D eigenvalue weighted by Crippen LogP contribution is -2.57. The molecule has 5 aliphatic rings. The second-order valence-electron chi connectivity index (χ2n) is 16.3. The third-order valence-electron chi connectivity index (χ3n) is 13.0. The molecule has 17 atom stereocenters. The van der Waals surface area contributed by atoms with Gasteiger partial charge in [-0.15, -0.1) is 0 Å². The summed E-state index contributed by atoms with van der Waals surface area (Å²) in [5.41, 5.74) is -1.15. The molecule has 0 saturated carbocycles. The lowest BCUT2D eigenvalue weighted by molar-refractivity contribution is -0.336. The molecule has 11 nitrogen and oxygen atoms in total. The van der Waals surface area contributed by atoms with E-state index in [4.69, 9.17) is 28.4 Å². The Labute approximate surface area is 281 Å². The van der Waals surface area contributed by atoms with E-state index in [1.54, 1.807) is 6.92 Å². The SMILES string of the molecule is CC[C@@]1([C@@H]2O[C@@H]([C@H]3O[C@](O)(CO)[C@H](C)C[C@H]3C)C[C@H]2C)CC[C@H]([C@]2(C)CC[C@]3(C[C@H](O)[C@@H](C)[C@H]([C@@H](C)[C@@H](OC)[C@H](C)C(=O)O)O3)O2)O1. The first kappa shape index (κ1) is 37.4. The zero-order chi connectivity index (χ0) is 34.7. The summed E-state index contributed by atoms with van der Waals surface area (Å²) in [6.45, 7) is 15.6. The number of aliphatic hydroxyl groups excluding tert-OH is 2. The Hall–Kier alpha value is -0.890. The molecule has 0 aliphatic carbocycles. The van der Waals surface area contributed by atoms with Crippen LogP contribution in [0.4, 0.5) is 0 Å². The first-order chi connectivity index (χ1) is 22.0. The topological polar surface area (TPSA) is 153 Å². The number of aliphatic carboxylic acids is 1. The Kier molecular flexibility index (Phi) is 10.9. The zero-order valence-electron chi connectivity index (χ0n) is 30.0. The van der Waals surface area contributed by atoms with Crippen LogP contribution in [0.3, 0.4) is 0 Å². The average Bonchev–Trinajstić information content (AvgIpc) is 3.73. The molecule has 47 heavy (non-hydrogen) atoms. The van der Waals surface area contributed by atoms with Crippen LogP contribution in [0.1, 0.15) is 107 Å². The van der Waals surface area contributed by atoms with E-state index in [1.807, 2.05) is 20.8 Å². The normalized spacial score (nSPS) is 50.9. The van der Waals surface area contributed by atoms with Gasteiger partial charge < -0.3 is 48.8 Å². The summed E-state index contributed by atoms with van der Waals surface area (Å²) < 4.78 is 39.4. The molecule has 272 valence electrons. The predicted octanol–water partition coefficient (Wildman–Crippen LogP) is 4.27. The minimum Gasteiger partial charge on any atom is -0.481 e. The number of methoxy groups -OCH3 is 1. The van der Waals surface area contributed by atoms with Gasteiger partial charge in [-0.25, -0.2) is 0 Å². The van der Waals surface area contributed by atoms with Crippen molar-refractivity contribution in [1.82, 2.24) is 0 Å². The maximum atomic E-state index is 11.8. The summed E-state index contributed by atoms with van der Waals surface area (Å²) in [7, 11) is 1.52. The highest BCUT2D eigenvalue weighted by Crippen LogP contribution is 2.55. The summed E-state index contributed by atoms with van der Waals surface area (Å²) in [6.07, 6.45) is 2.99. The molecule has 11 heteroatoms. The van der Waals surface area contributed by atoms with Crippen molar-refractivity contribution in [2.75, 3.05) is 13.7 Å². The minimum absolute atomic E-state index is 0.153. The monoisotopic (exact) mass is 670 g/mol. The third kappa shape index (κ3) is 6.67. The maximum Gasteiger partial charge on any atom is 0.308 e. The molecule has 5 fully saturated rings. The molecule has 0 aromatic rings. The number of hydrogen-bond acceptors (Lipinski definition) is 10. The first-order valence-electron chi connectivity index (χ1n) is 18.1. The van der Waals surface area contributed by atoms with Crippen molar-refractivity contribution < 1.29 is 53.6 Å². The summed E-state index contributed by atoms with van der Waals surface area (Å²) in [5.74, 6) is -4.52. The number of carbonyl (C=O) groups is 1. The summed E-state index contributed by atoms with van der Waals surface area (Å²) in [5, 5.41) is 41.8. The van der Waals surface area contributed by atoms with Crippen LogP contribution in [-0.2, 0) is 33.2 Å². The van der Waals surface area contributed by atoms with E-state index >= 15 is 0 Å². The average molecular weight is 671 g/mol. The summed E-state index contributed by atoms with van der Waals surface area (Å²) in [4.78, 5) is 11.8. The standard InChI is InChI=1S/C36H62O11/c1-10-34(31-20(3)16-26(43-31)28-19(2)15-21(4)36(41,18-37)46-28)12-11-27(44-34)33(8)13-14-35(47-33)17-25(38)22(5)30(45-35)23(6)29(42-9)24(7)32(39)40/h19-31,37-38,41H,10-18H2,1-9H3,(H,39,40)/t19-,20-,21-,22-,23+,24+,25+,26-,27-,28+,29-,30-,31-,33+,34+,35-,36-/m1/s1. The Morgan fingerprint density at radius 1 is 1.02 bits per heavy atom. The fraction of sp³-hybridized carbons (Fsp3) is 0.972. The number of aliphatic hydroxyl groups is 3. The molecular weight excluding hydrogens is 608 g/mol. The van der Waals surface area contributed by atoms with Crippen molar-refractivity contribution in [3.05, 3.63) is 0 Å². The van der Waals surface area contributed by atoms with Gasteiger partial charge in [0, 0.05) is 37.7 Å². The van der Waals surface area contributed by atoms with Gasteiger partial charge in [0.05, 0.1) is 66.5 Å². The van der Waals surface area contributed by atoms with E-state index in [1.165, 1.54) is 7.11 Å². The van der Waals surface area contributed by atoms with Gasteiger partial charge >= 0.3 is 5.97 Å². The quantitative estimate of drug-likeness (QED) is 0.264. The smallest absolute Gasteiger partial charge is 0.308 e. The largest absolute Gasteiger partial charge is 0.481 e. The highest BCUT2D eigenvalue weighted by atomic mass is 16.7. The second kappa shape index (κ2) is 13.7. The molecule has 0 aromatic heterocycles. The van der Waals surface area contributed by atoms with Gasteiger partial charge in [-0.2, -0.15) is 0 Å². The second-order valence-corrected chi connectivity index (χ2v) is 16.3. The molecule has 5 heterocycles. The number of carboxylic acid groups (broad SMARTS) is 1. The lowest BCUT2D eigenvalue weighted by atomic mass is 9.78. The van der Waals surface area contributed by atoms with Crippen molar-refractivity contribution in [3.8, 4) is 0 Å². The van der Waals surface area contributed by atoms with Crippen molar-refractivity contribution in [2.45, 2.75) is 172 Å². The molecule has 0 bridgehead atoms. The van der Waals surface area contributed by atoms with Crippen LogP contribution in [0.5, 0.6) is 0 Å². The molecule has 5 rings (SSSR count). The van der Waals surface area contributed by atoms with Gasteiger partial charge in [-0.3, -0.25) is 4.79 Å². The van der Waals surface area contributed by atoms with Crippen LogP contribution in [0.25, 0.3) is 0 Å². The number of ether oxygens (including phenoxy) is 6. The fourth-order valence-corrected chi connectivity index (χ4v) is 9.91. The third-order valence-corrected chi connectivity index (χ3v) is 13.0. The Morgan fingerprint density at radius 3 is 2.34 bits per heavy atom. The van der Waals surface area contributed by atoms with Gasteiger partial charge in [0.1, 0.15) is 0 Å². The van der Waals surface area contributed by atoms with E-state index in [0.29, 0.717) is 19.3 Å². The Bertz CT molecular complexity index is 1110. The van der Waals surface area contributed by atoms with Gasteiger partial charge in [-0.05, 0) is 64.2 Å². The van der Waals surface area contributed by atoms with E-state index in [-0.39, 0.29) is 54.0 Å². The zero-order valence-corrected chi connectivity index (χ0v) is 30.0. The molecule has 1 spiro atoms. The maximum absolute atomic E-state index is 11.8. The van der Waals surface area contributed by atoms with Crippen LogP contribution in [-0.4, -0.2) is 106 Å². The fourth-order valence-electron chi connectivity index (χ4n) is 9.91. The molecule has 0 amide bonds. The highest BCUT2D eigenvalue weighted by Gasteiger charge is 2.62. The molecule has 0 unspecified atom stereocenters. The first-order valence-corrected chi connectivity index (χ1v) is 18.1. The van der Waals surface area contributed by atoms with Gasteiger partial charge in [0.15, 0.2) is 11.6 Å².